The van der Waals surface area contributed by atoms with Gasteiger partial charge in [0.05, 0.1) is 0 Å². The molecule has 3 heteroatoms. The molecule has 0 unspecified atom stereocenters. The Morgan fingerprint density at radius 2 is 1.38 bits per heavy atom. The molecule has 3 aromatic rings. The van der Waals surface area contributed by atoms with E-state index in [4.69, 9.17) is 0 Å². The first kappa shape index (κ1) is 22.7. The van der Waals surface area contributed by atoms with E-state index in [1.54, 1.807) is 0 Å². The molecule has 32 heavy (non-hydrogen) atoms. The number of hydrogen-bond donors (Lipinski definition) is 0. The van der Waals surface area contributed by atoms with Crippen LogP contribution in [-0.4, -0.2) is 36.2 Å². The van der Waals surface area contributed by atoms with E-state index in [1.807, 2.05) is 0 Å². The van der Waals surface area contributed by atoms with Crippen LogP contribution in [0.2, 0.25) is 0 Å². The minimum absolute atomic E-state index is 0.404. The molecule has 166 valence electrons. The summed E-state index contributed by atoms with van der Waals surface area (Å²) in [5, 5.41) is 2.95. The van der Waals surface area contributed by atoms with E-state index in [-0.39, 0.29) is 0 Å². The minimum Gasteiger partial charge on any atom is -0.261 e. The lowest BCUT2D eigenvalue weighted by Gasteiger charge is -2.27. The lowest BCUT2D eigenvalue weighted by Crippen LogP contribution is -2.36. The first-order chi connectivity index (χ1) is 15.4. The highest BCUT2D eigenvalue weighted by molar-refractivity contribution is 7.73. The van der Waals surface area contributed by atoms with Gasteiger partial charge >= 0.3 is 0 Å². The maximum absolute atomic E-state index is 2.62. The summed E-state index contributed by atoms with van der Waals surface area (Å²) in [6.07, 6.45) is 3.58. The fourth-order valence-electron chi connectivity index (χ4n) is 5.03. The molecule has 0 aromatic heterocycles. The van der Waals surface area contributed by atoms with Crippen molar-refractivity contribution in [2.45, 2.75) is 40.7 Å². The summed E-state index contributed by atoms with van der Waals surface area (Å²) in [5.74, 6) is 0.587. The Morgan fingerprint density at radius 1 is 0.844 bits per heavy atom. The summed E-state index contributed by atoms with van der Waals surface area (Å²) < 4.78 is 2.62. The Labute approximate surface area is 195 Å². The summed E-state index contributed by atoms with van der Waals surface area (Å²) in [4.78, 5) is 2.48. The molecule has 0 fully saturated rings. The van der Waals surface area contributed by atoms with Crippen LogP contribution in [0.15, 0.2) is 72.8 Å². The molecule has 0 saturated heterocycles. The van der Waals surface area contributed by atoms with Crippen molar-refractivity contribution in [1.29, 1.82) is 0 Å². The number of nitrogens with zero attached hydrogens (tertiary/aromatic N) is 2. The molecular weight excluding hydrogens is 407 g/mol. The average Bonchev–Trinajstić information content (AvgIpc) is 3.24. The van der Waals surface area contributed by atoms with Crippen LogP contribution in [0.25, 0.3) is 0 Å². The van der Waals surface area contributed by atoms with Crippen LogP contribution in [0.5, 0.6) is 0 Å². The highest BCUT2D eigenvalue weighted by Gasteiger charge is 2.33. The fraction of sp³-hybridized carbons (Fsp3) is 0.345. The molecule has 0 N–H and O–H groups in total. The van der Waals surface area contributed by atoms with Gasteiger partial charge in [0.25, 0.3) is 0 Å². The molecule has 1 aliphatic heterocycles. The number of anilines is 1. The van der Waals surface area contributed by atoms with Crippen molar-refractivity contribution >= 4 is 30.6 Å². The number of hydrogen-bond acceptors (Lipinski definition) is 1. The molecular formula is C29H36N2P+. The Morgan fingerprint density at radius 3 is 1.88 bits per heavy atom. The second-order valence-electron chi connectivity index (χ2n) is 9.39. The van der Waals surface area contributed by atoms with Gasteiger partial charge in [0, 0.05) is 6.16 Å². The zero-order valence-electron chi connectivity index (χ0n) is 20.1. The van der Waals surface area contributed by atoms with Gasteiger partial charge in [0.1, 0.15) is 24.8 Å². The van der Waals surface area contributed by atoms with Crippen LogP contribution >= 0.6 is 7.92 Å². The molecule has 0 spiro atoms. The molecule has 0 saturated carbocycles. The molecule has 0 amide bonds. The zero-order chi connectivity index (χ0) is 22.7. The lowest BCUT2D eigenvalue weighted by atomic mass is 10.0. The van der Waals surface area contributed by atoms with Crippen molar-refractivity contribution in [3.8, 4) is 0 Å². The first-order valence-corrected chi connectivity index (χ1v) is 13.3. The van der Waals surface area contributed by atoms with Gasteiger partial charge in [0.2, 0.25) is 6.34 Å². The number of aryl methyl sites for hydroxylation is 3. The average molecular weight is 444 g/mol. The second-order valence-corrected chi connectivity index (χ2v) is 11.6. The van der Waals surface area contributed by atoms with E-state index in [0.29, 0.717) is 12.0 Å². The van der Waals surface area contributed by atoms with E-state index in [0.717, 1.165) is 13.1 Å². The van der Waals surface area contributed by atoms with Crippen LogP contribution in [0.4, 0.5) is 5.69 Å². The Bertz CT molecular complexity index is 1010. The third-order valence-corrected chi connectivity index (χ3v) is 9.09. The van der Waals surface area contributed by atoms with Crippen molar-refractivity contribution in [1.82, 2.24) is 0 Å². The molecule has 0 radical (unpaired) electrons. The molecule has 0 aliphatic carbocycles. The van der Waals surface area contributed by atoms with E-state index in [2.05, 4.69) is 123 Å². The minimum atomic E-state index is -0.404. The van der Waals surface area contributed by atoms with E-state index >= 15 is 0 Å². The van der Waals surface area contributed by atoms with E-state index in [1.165, 1.54) is 39.1 Å². The molecule has 2 nitrogen and oxygen atoms in total. The SMILES string of the molecule is Cc1cc(C)c(N2C=[N+]([C@H](CP(c3ccccc3)c3ccccc3)C(C)C)CC2)c(C)c1. The Kier molecular flexibility index (Phi) is 7.11. The Hall–Kier alpha value is -2.44. The zero-order valence-corrected chi connectivity index (χ0v) is 21.0. The highest BCUT2D eigenvalue weighted by atomic mass is 31.1. The summed E-state index contributed by atoms with van der Waals surface area (Å²) in [5.41, 5.74) is 5.47. The second kappa shape index (κ2) is 10.0. The molecule has 1 aliphatic rings. The normalized spacial score (nSPS) is 14.8. The van der Waals surface area contributed by atoms with Crippen molar-refractivity contribution in [3.05, 3.63) is 89.5 Å². The van der Waals surface area contributed by atoms with Crippen molar-refractivity contribution in [2.75, 3.05) is 24.2 Å². The standard InChI is InChI=1S/C29H36N2P/c1-22(2)28(20-32(26-12-8-6-9-13-26)27-14-10-7-11-15-27)30-16-17-31(21-30)29-24(4)18-23(3)19-25(29)5/h6-15,18-19,21-22,28H,16-17,20H2,1-5H3/q+1/t28-/m1/s1. The predicted octanol–water partition coefficient (Wildman–Crippen LogP) is 5.63. The summed E-state index contributed by atoms with van der Waals surface area (Å²) >= 11 is 0. The largest absolute Gasteiger partial charge is 0.261 e. The smallest absolute Gasteiger partial charge is 0.239 e. The third-order valence-electron chi connectivity index (χ3n) is 6.51. The monoisotopic (exact) mass is 443 g/mol. The van der Waals surface area contributed by atoms with Crippen LogP contribution in [0.3, 0.4) is 0 Å². The van der Waals surface area contributed by atoms with Crippen molar-refractivity contribution in [3.63, 3.8) is 0 Å². The van der Waals surface area contributed by atoms with E-state index < -0.39 is 7.92 Å². The quantitative estimate of drug-likeness (QED) is 0.339. The van der Waals surface area contributed by atoms with Gasteiger partial charge in [-0.25, -0.2) is 4.90 Å². The lowest BCUT2D eigenvalue weighted by molar-refractivity contribution is -0.555. The van der Waals surface area contributed by atoms with Gasteiger partial charge in [-0.15, -0.1) is 0 Å². The molecule has 1 heterocycles. The van der Waals surface area contributed by atoms with E-state index in [9.17, 15) is 0 Å². The van der Waals surface area contributed by atoms with Gasteiger partial charge in [0.15, 0.2) is 0 Å². The molecule has 1 atom stereocenters. The van der Waals surface area contributed by atoms with Gasteiger partial charge < -0.3 is 0 Å². The summed E-state index contributed by atoms with van der Waals surface area (Å²) in [6, 6.07) is 27.4. The number of rotatable bonds is 7. The predicted molar refractivity (Wildman–Crippen MR) is 142 cm³/mol. The molecule has 0 bridgehead atoms. The molecule has 4 rings (SSSR count). The Balaban J connectivity index is 1.65. The van der Waals surface area contributed by atoms with Crippen LogP contribution in [0.1, 0.15) is 30.5 Å². The fourth-order valence-corrected chi connectivity index (χ4v) is 7.81. The number of benzene rings is 3. The topological polar surface area (TPSA) is 6.25 Å². The summed E-state index contributed by atoms with van der Waals surface area (Å²) in [6.45, 7) is 13.6. The maximum atomic E-state index is 2.62. The van der Waals surface area contributed by atoms with Crippen molar-refractivity contribution in [2.24, 2.45) is 5.92 Å². The third kappa shape index (κ3) is 4.97. The van der Waals surface area contributed by atoms with Gasteiger partial charge in [-0.2, -0.15) is 0 Å². The highest BCUT2D eigenvalue weighted by Crippen LogP contribution is 2.37. The summed E-state index contributed by atoms with van der Waals surface area (Å²) in [7, 11) is -0.404. The van der Waals surface area contributed by atoms with Gasteiger partial charge in [-0.1, -0.05) is 92.2 Å². The van der Waals surface area contributed by atoms with Crippen molar-refractivity contribution < 1.29 is 4.58 Å². The van der Waals surface area contributed by atoms with Gasteiger partial charge in [-0.3, -0.25) is 4.58 Å². The van der Waals surface area contributed by atoms with Crippen LogP contribution < -0.4 is 15.5 Å². The molecule has 3 aromatic carbocycles. The first-order valence-electron chi connectivity index (χ1n) is 11.8. The van der Waals surface area contributed by atoms with Crippen LogP contribution in [-0.2, 0) is 0 Å². The van der Waals surface area contributed by atoms with Crippen LogP contribution in [0, 0.1) is 26.7 Å². The van der Waals surface area contributed by atoms with Gasteiger partial charge in [-0.05, 0) is 56.3 Å². The maximum Gasteiger partial charge on any atom is 0.239 e.